The molecule has 2 fully saturated rings. The van der Waals surface area contributed by atoms with Crippen molar-refractivity contribution in [2.45, 2.75) is 96.4 Å². The monoisotopic (exact) mass is 635 g/mol. The number of carbonyl (C=O) groups excluding carboxylic acids is 1. The van der Waals surface area contributed by atoms with E-state index in [1.165, 1.54) is 11.1 Å². The first-order valence-electron chi connectivity index (χ1n) is 16.6. The lowest BCUT2D eigenvalue weighted by Crippen LogP contribution is -2.36. The molecular formula is C38H45N5O4. The van der Waals surface area contributed by atoms with Crippen LogP contribution in [0.15, 0.2) is 79.0 Å². The highest BCUT2D eigenvalue weighted by molar-refractivity contribution is 5.69. The zero-order valence-corrected chi connectivity index (χ0v) is 28.2. The van der Waals surface area contributed by atoms with Crippen LogP contribution in [0.5, 0.6) is 0 Å². The van der Waals surface area contributed by atoms with Crippen molar-refractivity contribution in [2.75, 3.05) is 11.4 Å². The van der Waals surface area contributed by atoms with E-state index in [1.807, 2.05) is 39.1 Å². The first kappa shape index (κ1) is 32.3. The number of nitrogens with one attached hydrogen (secondary N) is 1. The van der Waals surface area contributed by atoms with Gasteiger partial charge in [-0.25, -0.2) is 9.78 Å². The van der Waals surface area contributed by atoms with Crippen LogP contribution >= 0.6 is 0 Å². The molecular weight excluding hydrogens is 590 g/mol. The molecule has 0 saturated carbocycles. The Morgan fingerprint density at radius 1 is 0.851 bits per heavy atom. The van der Waals surface area contributed by atoms with Crippen molar-refractivity contribution in [2.24, 2.45) is 0 Å². The predicted molar refractivity (Wildman–Crippen MR) is 184 cm³/mol. The number of amides is 1. The molecule has 246 valence electrons. The van der Waals surface area contributed by atoms with Crippen LogP contribution in [0.25, 0.3) is 11.3 Å². The number of nitro benzene ring substituents is 1. The average molecular weight is 636 g/mol. The molecule has 47 heavy (non-hydrogen) atoms. The maximum atomic E-state index is 12.9. The molecule has 3 heterocycles. The minimum Gasteiger partial charge on any atom is -0.444 e. The molecule has 9 nitrogen and oxygen atoms in total. The van der Waals surface area contributed by atoms with Crippen molar-refractivity contribution < 1.29 is 14.5 Å². The molecule has 2 aliphatic heterocycles. The molecule has 0 spiro atoms. The Kier molecular flexibility index (Phi) is 8.59. The van der Waals surface area contributed by atoms with Crippen molar-refractivity contribution >= 4 is 17.5 Å². The summed E-state index contributed by atoms with van der Waals surface area (Å²) in [4.78, 5) is 36.3. The Balaban J connectivity index is 1.25. The topological polar surface area (TPSA) is 105 Å². The lowest BCUT2D eigenvalue weighted by molar-refractivity contribution is -0.384. The number of nitro groups is 1. The number of imidazole rings is 1. The number of aromatic amines is 1. The maximum Gasteiger partial charge on any atom is 0.410 e. The summed E-state index contributed by atoms with van der Waals surface area (Å²) in [6, 6.07) is 24.6. The molecule has 9 heteroatoms. The first-order chi connectivity index (χ1) is 22.3. The normalized spacial score (nSPS) is 20.1. The number of nitrogens with zero attached hydrogens (tertiary/aromatic N) is 4. The quantitative estimate of drug-likeness (QED) is 0.167. The van der Waals surface area contributed by atoms with Gasteiger partial charge in [0.15, 0.2) is 0 Å². The number of likely N-dealkylation sites (tertiary alicyclic amines) is 1. The first-order valence-corrected chi connectivity index (χ1v) is 16.6. The minimum atomic E-state index is -0.549. The second-order valence-electron chi connectivity index (χ2n) is 14.8. The van der Waals surface area contributed by atoms with Crippen molar-refractivity contribution in [3.05, 3.63) is 112 Å². The highest BCUT2D eigenvalue weighted by atomic mass is 16.6. The average Bonchev–Trinajstić information content (AvgIpc) is 3.80. The van der Waals surface area contributed by atoms with Gasteiger partial charge in [-0.15, -0.1) is 0 Å². The molecule has 0 aliphatic carbocycles. The van der Waals surface area contributed by atoms with E-state index in [0.29, 0.717) is 6.54 Å². The Labute approximate surface area is 277 Å². The Bertz CT molecular complexity index is 1720. The van der Waals surface area contributed by atoms with Crippen molar-refractivity contribution in [3.8, 4) is 11.3 Å². The van der Waals surface area contributed by atoms with Gasteiger partial charge >= 0.3 is 6.09 Å². The second-order valence-corrected chi connectivity index (χ2v) is 14.8. The number of H-pyrrole nitrogens is 1. The fraction of sp³-hybridized carbons (Fsp3) is 0.421. The molecule has 1 aromatic heterocycles. The molecule has 1 amide bonds. The summed E-state index contributed by atoms with van der Waals surface area (Å²) in [6.45, 7) is 13.0. The number of carbonyl (C=O) groups is 1. The predicted octanol–water partition coefficient (Wildman–Crippen LogP) is 9.44. The van der Waals surface area contributed by atoms with E-state index in [-0.39, 0.29) is 40.2 Å². The van der Waals surface area contributed by atoms with E-state index < -0.39 is 5.60 Å². The summed E-state index contributed by atoms with van der Waals surface area (Å²) in [5, 5.41) is 11.3. The molecule has 6 rings (SSSR count). The van der Waals surface area contributed by atoms with E-state index >= 15 is 0 Å². The van der Waals surface area contributed by atoms with E-state index in [9.17, 15) is 14.9 Å². The molecule has 0 bridgehead atoms. The SMILES string of the molecule is CC(C)(C)OC(=O)N1CCC[C@H]1c1ncc(-c2ccc([C@@H]3CC[C@@H](c4ccc([N+](=O)[O-])cc4)N3c3ccc(C(C)(C)C)cc3)cc2)[nH]1. The van der Waals surface area contributed by atoms with Gasteiger partial charge in [-0.3, -0.25) is 15.0 Å². The number of hydrogen-bond donors (Lipinski definition) is 1. The Morgan fingerprint density at radius 2 is 1.45 bits per heavy atom. The standard InChI is InChI=1S/C38H45N5O4/c1-37(2,3)28-15-19-29(20-16-28)42-32(21-22-33(42)27-13-17-30(18-14-27)43(45)46)26-11-9-25(10-12-26)31-24-39-35(40-31)34-8-7-23-41(34)36(44)47-38(4,5)6/h9-20,24,32-34H,7-8,21-23H2,1-6H3,(H,39,40)/t32-,33-,34-/m0/s1. The summed E-state index contributed by atoms with van der Waals surface area (Å²) < 4.78 is 5.65. The van der Waals surface area contributed by atoms with Gasteiger partial charge in [-0.05, 0) is 86.3 Å². The molecule has 2 aliphatic rings. The number of benzene rings is 3. The summed E-state index contributed by atoms with van der Waals surface area (Å²) in [5.41, 5.74) is 6.25. The van der Waals surface area contributed by atoms with Gasteiger partial charge in [-0.2, -0.15) is 0 Å². The van der Waals surface area contributed by atoms with E-state index in [0.717, 1.165) is 54.0 Å². The van der Waals surface area contributed by atoms with Crippen LogP contribution in [-0.2, 0) is 10.2 Å². The van der Waals surface area contributed by atoms with Gasteiger partial charge in [0.05, 0.1) is 34.9 Å². The van der Waals surface area contributed by atoms with Crippen LogP contribution in [0, 0.1) is 10.1 Å². The van der Waals surface area contributed by atoms with Crippen LogP contribution < -0.4 is 4.90 Å². The van der Waals surface area contributed by atoms with Crippen molar-refractivity contribution in [1.82, 2.24) is 14.9 Å². The van der Waals surface area contributed by atoms with Gasteiger partial charge in [0.1, 0.15) is 11.4 Å². The summed E-state index contributed by atoms with van der Waals surface area (Å²) >= 11 is 0. The molecule has 3 atom stereocenters. The summed E-state index contributed by atoms with van der Waals surface area (Å²) in [6.07, 6.45) is 5.19. The highest BCUT2D eigenvalue weighted by Crippen LogP contribution is 2.47. The van der Waals surface area contributed by atoms with Crippen LogP contribution in [0.4, 0.5) is 16.2 Å². The number of hydrogen-bond acceptors (Lipinski definition) is 6. The third-order valence-electron chi connectivity index (χ3n) is 9.30. The number of rotatable bonds is 6. The third-order valence-corrected chi connectivity index (χ3v) is 9.30. The lowest BCUT2D eigenvalue weighted by atomic mass is 9.87. The fourth-order valence-corrected chi connectivity index (χ4v) is 6.90. The minimum absolute atomic E-state index is 0.0505. The smallest absolute Gasteiger partial charge is 0.410 e. The van der Waals surface area contributed by atoms with Crippen molar-refractivity contribution in [1.29, 1.82) is 0 Å². The molecule has 1 N–H and O–H groups in total. The molecule has 3 aromatic carbocycles. The van der Waals surface area contributed by atoms with E-state index in [4.69, 9.17) is 4.74 Å². The fourth-order valence-electron chi connectivity index (χ4n) is 6.90. The van der Waals surface area contributed by atoms with Gasteiger partial charge in [0.2, 0.25) is 0 Å². The molecule has 4 aromatic rings. The zero-order chi connectivity index (χ0) is 33.5. The van der Waals surface area contributed by atoms with Crippen LogP contribution in [0.3, 0.4) is 0 Å². The summed E-state index contributed by atoms with van der Waals surface area (Å²) in [7, 11) is 0. The number of anilines is 1. The third kappa shape index (κ3) is 6.89. The zero-order valence-electron chi connectivity index (χ0n) is 28.2. The number of ether oxygens (including phenoxy) is 1. The van der Waals surface area contributed by atoms with Gasteiger partial charge in [-0.1, -0.05) is 69.3 Å². The van der Waals surface area contributed by atoms with Crippen molar-refractivity contribution in [3.63, 3.8) is 0 Å². The van der Waals surface area contributed by atoms with Crippen LogP contribution in [0.1, 0.15) is 108 Å². The highest BCUT2D eigenvalue weighted by Gasteiger charge is 2.37. The lowest BCUT2D eigenvalue weighted by Gasteiger charge is -2.34. The van der Waals surface area contributed by atoms with Gasteiger partial charge < -0.3 is 14.6 Å². The largest absolute Gasteiger partial charge is 0.444 e. The second kappa shape index (κ2) is 12.5. The van der Waals surface area contributed by atoms with Crippen LogP contribution in [-0.4, -0.2) is 38.0 Å². The van der Waals surface area contributed by atoms with E-state index in [1.54, 1.807) is 17.0 Å². The van der Waals surface area contributed by atoms with E-state index in [2.05, 4.69) is 84.2 Å². The Morgan fingerprint density at radius 3 is 2.00 bits per heavy atom. The number of aromatic nitrogens is 2. The molecule has 2 saturated heterocycles. The summed E-state index contributed by atoms with van der Waals surface area (Å²) in [5.74, 6) is 0.777. The Hall–Kier alpha value is -4.66. The maximum absolute atomic E-state index is 12.9. The van der Waals surface area contributed by atoms with Gasteiger partial charge in [0, 0.05) is 24.4 Å². The molecule has 0 unspecified atom stereocenters. The van der Waals surface area contributed by atoms with Crippen LogP contribution in [0.2, 0.25) is 0 Å². The van der Waals surface area contributed by atoms with Gasteiger partial charge in [0.25, 0.3) is 5.69 Å². The number of non-ortho nitro benzene ring substituents is 1. The molecule has 0 radical (unpaired) electrons.